The van der Waals surface area contributed by atoms with Gasteiger partial charge in [-0.25, -0.2) is 0 Å². The first-order valence-corrected chi connectivity index (χ1v) is 27.6. The van der Waals surface area contributed by atoms with Crippen LogP contribution < -0.4 is 4.89 Å². The van der Waals surface area contributed by atoms with Crippen LogP contribution in [0.4, 0.5) is 0 Å². The van der Waals surface area contributed by atoms with Gasteiger partial charge in [0.15, 0.2) is 6.10 Å². The van der Waals surface area contributed by atoms with Crippen LogP contribution in [-0.2, 0) is 32.7 Å². The molecule has 0 aromatic heterocycles. The molecule has 0 amide bonds. The first-order valence-electron chi connectivity index (χ1n) is 26.1. The summed E-state index contributed by atoms with van der Waals surface area (Å²) in [5.74, 6) is -0.852. The van der Waals surface area contributed by atoms with Gasteiger partial charge in [0.05, 0.1) is 27.7 Å². The number of nitrogens with zero attached hydrogens (tertiary/aromatic N) is 1. The topological polar surface area (TPSA) is 111 Å². The van der Waals surface area contributed by atoms with Crippen molar-refractivity contribution in [3.8, 4) is 0 Å². The fourth-order valence-corrected chi connectivity index (χ4v) is 7.64. The van der Waals surface area contributed by atoms with E-state index in [1.165, 1.54) is 89.9 Å². The monoisotopic (exact) mass is 932 g/mol. The van der Waals surface area contributed by atoms with Gasteiger partial charge in [0.1, 0.15) is 19.8 Å². The molecule has 376 valence electrons. The SMILES string of the molecule is CC/C=C\C/C=C\C/C=C\C/C=C\C/C=C\CCCCCCCCCC(=O)OC(COC(=O)CCCCCCCCC/C=C\CCCCCCCCC)COP(=O)([O-])OCC[N+](C)(C)C. The van der Waals surface area contributed by atoms with Gasteiger partial charge in [-0.3, -0.25) is 14.2 Å². The van der Waals surface area contributed by atoms with E-state index in [9.17, 15) is 19.0 Å². The molecule has 0 heterocycles. The second-order valence-electron chi connectivity index (χ2n) is 18.5. The zero-order valence-corrected chi connectivity index (χ0v) is 43.3. The summed E-state index contributed by atoms with van der Waals surface area (Å²) < 4.78 is 34.1. The Morgan fingerprint density at radius 1 is 0.492 bits per heavy atom. The van der Waals surface area contributed by atoms with Crippen LogP contribution in [0.25, 0.3) is 0 Å². The Morgan fingerprint density at radius 2 is 0.877 bits per heavy atom. The van der Waals surface area contributed by atoms with E-state index in [-0.39, 0.29) is 26.1 Å². The zero-order valence-electron chi connectivity index (χ0n) is 42.4. The third-order valence-electron chi connectivity index (χ3n) is 11.0. The van der Waals surface area contributed by atoms with Gasteiger partial charge in [0, 0.05) is 12.8 Å². The summed E-state index contributed by atoms with van der Waals surface area (Å²) in [6.45, 7) is 4.10. The molecule has 0 fully saturated rings. The smallest absolute Gasteiger partial charge is 0.306 e. The highest BCUT2D eigenvalue weighted by Crippen LogP contribution is 2.38. The third-order valence-corrected chi connectivity index (χ3v) is 11.9. The van der Waals surface area contributed by atoms with Crippen LogP contribution in [-0.4, -0.2) is 70.0 Å². The number of ether oxygens (including phenoxy) is 2. The molecule has 0 bridgehead atoms. The number of phosphoric acid groups is 1. The van der Waals surface area contributed by atoms with E-state index in [2.05, 4.69) is 86.8 Å². The summed E-state index contributed by atoms with van der Waals surface area (Å²) in [4.78, 5) is 37.8. The van der Waals surface area contributed by atoms with E-state index in [4.69, 9.17) is 18.5 Å². The van der Waals surface area contributed by atoms with Crippen molar-refractivity contribution in [2.75, 3.05) is 47.5 Å². The zero-order chi connectivity index (χ0) is 47.8. The maximum absolute atomic E-state index is 12.8. The molecule has 10 heteroatoms. The molecule has 0 saturated carbocycles. The highest BCUT2D eigenvalue weighted by atomic mass is 31.2. The van der Waals surface area contributed by atoms with E-state index in [1.807, 2.05) is 21.1 Å². The summed E-state index contributed by atoms with van der Waals surface area (Å²) >= 11 is 0. The quantitative estimate of drug-likeness (QED) is 0.0195. The Hall–Kier alpha value is -2.55. The minimum atomic E-state index is -4.64. The van der Waals surface area contributed by atoms with Crippen molar-refractivity contribution in [2.45, 2.75) is 219 Å². The van der Waals surface area contributed by atoms with E-state index in [0.29, 0.717) is 17.4 Å². The lowest BCUT2D eigenvalue weighted by Gasteiger charge is -2.28. The maximum Gasteiger partial charge on any atom is 0.306 e. The Labute approximate surface area is 399 Å². The molecule has 0 N–H and O–H groups in total. The number of hydrogen-bond acceptors (Lipinski definition) is 8. The molecule has 0 rings (SSSR count). The number of allylic oxidation sites excluding steroid dienone is 12. The van der Waals surface area contributed by atoms with Gasteiger partial charge in [0.2, 0.25) is 0 Å². The average molecular weight is 932 g/mol. The maximum atomic E-state index is 12.8. The standard InChI is InChI=1S/C55H98NO8P/c1-6-8-10-12-14-16-18-20-22-24-26-27-28-29-30-32-34-36-38-40-42-44-46-48-55(58)64-53(52-63-65(59,60)62-50-49-56(3,4)5)51-61-54(57)47-45-43-41-39-37-35-33-31-25-23-21-19-17-15-13-11-9-7-2/h8,10,14,16,20,22-23,25-27,29-30,53H,6-7,9,11-13,15,17-19,21,24,28,31-52H2,1-5H3/b10-8-,16-14-,22-20-,25-23-,27-26-,30-29-. The molecule has 0 aliphatic rings. The molecule has 65 heavy (non-hydrogen) atoms. The predicted octanol–water partition coefficient (Wildman–Crippen LogP) is 15.1. The number of hydrogen-bond donors (Lipinski definition) is 0. The second-order valence-corrected chi connectivity index (χ2v) is 19.9. The van der Waals surface area contributed by atoms with Crippen molar-refractivity contribution in [3.63, 3.8) is 0 Å². The van der Waals surface area contributed by atoms with E-state index in [1.54, 1.807) is 0 Å². The molecule has 0 aromatic rings. The first-order chi connectivity index (χ1) is 31.5. The molecule has 0 aliphatic heterocycles. The van der Waals surface area contributed by atoms with Gasteiger partial charge in [-0.05, 0) is 83.5 Å². The van der Waals surface area contributed by atoms with Gasteiger partial charge in [-0.1, -0.05) is 189 Å². The Morgan fingerprint density at radius 3 is 1.32 bits per heavy atom. The van der Waals surface area contributed by atoms with Crippen molar-refractivity contribution in [3.05, 3.63) is 72.9 Å². The normalized spacial score (nSPS) is 14.0. The van der Waals surface area contributed by atoms with Crippen molar-refractivity contribution in [1.82, 2.24) is 0 Å². The summed E-state index contributed by atoms with van der Waals surface area (Å²) in [7, 11) is 1.15. The fourth-order valence-electron chi connectivity index (χ4n) is 6.91. The van der Waals surface area contributed by atoms with Gasteiger partial charge in [-0.2, -0.15) is 0 Å². The van der Waals surface area contributed by atoms with Crippen LogP contribution >= 0.6 is 7.82 Å². The van der Waals surface area contributed by atoms with Crippen LogP contribution in [0.5, 0.6) is 0 Å². The Kier molecular flexibility index (Phi) is 44.7. The molecule has 0 radical (unpaired) electrons. The first kappa shape index (κ1) is 62.4. The van der Waals surface area contributed by atoms with Crippen molar-refractivity contribution in [1.29, 1.82) is 0 Å². The molecule has 2 atom stereocenters. The number of phosphoric ester groups is 1. The lowest BCUT2D eigenvalue weighted by molar-refractivity contribution is -0.870. The van der Waals surface area contributed by atoms with E-state index < -0.39 is 32.5 Å². The molecule has 9 nitrogen and oxygen atoms in total. The van der Waals surface area contributed by atoms with Crippen molar-refractivity contribution < 1.29 is 42.1 Å². The lowest BCUT2D eigenvalue weighted by atomic mass is 10.1. The Bertz CT molecular complexity index is 1330. The van der Waals surface area contributed by atoms with Gasteiger partial charge in [0.25, 0.3) is 7.82 Å². The summed E-state index contributed by atoms with van der Waals surface area (Å²) in [5, 5.41) is 0. The number of unbranched alkanes of at least 4 members (excludes halogenated alkanes) is 21. The average Bonchev–Trinajstić information content (AvgIpc) is 3.26. The van der Waals surface area contributed by atoms with Crippen LogP contribution in [0.1, 0.15) is 213 Å². The number of likely N-dealkylation sites (N-methyl/N-ethyl adjacent to an activating group) is 1. The number of rotatable bonds is 47. The number of carbonyl (C=O) groups is 2. The molecule has 0 spiro atoms. The minimum Gasteiger partial charge on any atom is -0.756 e. The third kappa shape index (κ3) is 50.7. The van der Waals surface area contributed by atoms with Gasteiger partial charge in [-0.15, -0.1) is 0 Å². The van der Waals surface area contributed by atoms with E-state index in [0.717, 1.165) is 89.9 Å². The van der Waals surface area contributed by atoms with E-state index >= 15 is 0 Å². The minimum absolute atomic E-state index is 0.0369. The molecule has 0 saturated heterocycles. The predicted molar refractivity (Wildman–Crippen MR) is 273 cm³/mol. The van der Waals surface area contributed by atoms with Gasteiger partial charge < -0.3 is 27.9 Å². The molecule has 0 aromatic carbocycles. The molecule has 0 aliphatic carbocycles. The fraction of sp³-hybridized carbons (Fsp3) is 0.745. The largest absolute Gasteiger partial charge is 0.756 e. The highest BCUT2D eigenvalue weighted by Gasteiger charge is 2.21. The molecule has 2 unspecified atom stereocenters. The van der Waals surface area contributed by atoms with Gasteiger partial charge >= 0.3 is 11.9 Å². The second kappa shape index (κ2) is 46.6. The highest BCUT2D eigenvalue weighted by molar-refractivity contribution is 7.45. The van der Waals surface area contributed by atoms with Crippen molar-refractivity contribution in [2.24, 2.45) is 0 Å². The number of esters is 2. The number of quaternary nitrogens is 1. The van der Waals surface area contributed by atoms with Crippen LogP contribution in [0.15, 0.2) is 72.9 Å². The number of carbonyl (C=O) groups excluding carboxylic acids is 2. The summed E-state index contributed by atoms with van der Waals surface area (Å²) in [6.07, 6.45) is 59.3. The molecular formula is C55H98NO8P. The van der Waals surface area contributed by atoms with Crippen molar-refractivity contribution >= 4 is 19.8 Å². The summed E-state index contributed by atoms with van der Waals surface area (Å²) in [5.41, 5.74) is 0. The Balaban J connectivity index is 4.29. The van der Waals surface area contributed by atoms with Crippen LogP contribution in [0, 0.1) is 0 Å². The van der Waals surface area contributed by atoms with Crippen LogP contribution in [0.2, 0.25) is 0 Å². The summed E-state index contributed by atoms with van der Waals surface area (Å²) in [6, 6.07) is 0. The lowest BCUT2D eigenvalue weighted by Crippen LogP contribution is -2.37. The van der Waals surface area contributed by atoms with Crippen LogP contribution in [0.3, 0.4) is 0 Å². The molecular weight excluding hydrogens is 834 g/mol.